The van der Waals surface area contributed by atoms with Crippen molar-refractivity contribution in [3.63, 3.8) is 0 Å². The molecular weight excluding hydrogens is 114 g/mol. The van der Waals surface area contributed by atoms with E-state index >= 15 is 0 Å². The molecule has 0 spiro atoms. The molecule has 1 unspecified atom stereocenters. The van der Waals surface area contributed by atoms with Crippen LogP contribution in [0.1, 0.15) is 25.7 Å². The quantitative estimate of drug-likeness (QED) is 0.507. The lowest BCUT2D eigenvalue weighted by Crippen LogP contribution is -2.19. The van der Waals surface area contributed by atoms with Gasteiger partial charge in [0.25, 0.3) is 0 Å². The van der Waals surface area contributed by atoms with Gasteiger partial charge in [-0.25, -0.2) is 5.32 Å². The van der Waals surface area contributed by atoms with Crippen molar-refractivity contribution in [2.24, 2.45) is 0 Å². The van der Waals surface area contributed by atoms with Crippen molar-refractivity contribution in [2.45, 2.75) is 31.8 Å². The molecule has 0 bridgehead atoms. The standard InChI is InChI=1S/C7H14NO/c9-7-3-1-2-5-8-6-4-7/h7,9H,1-6H2. The summed E-state index contributed by atoms with van der Waals surface area (Å²) in [5, 5.41) is 13.4. The third-order valence-electron chi connectivity index (χ3n) is 1.72. The zero-order chi connectivity index (χ0) is 6.53. The first-order valence-electron chi connectivity index (χ1n) is 3.71. The van der Waals surface area contributed by atoms with E-state index in [1.165, 1.54) is 0 Å². The van der Waals surface area contributed by atoms with Crippen LogP contribution in [0.4, 0.5) is 0 Å². The summed E-state index contributed by atoms with van der Waals surface area (Å²) in [5.74, 6) is 0. The first-order chi connectivity index (χ1) is 4.39. The molecule has 1 fully saturated rings. The zero-order valence-corrected chi connectivity index (χ0v) is 5.71. The Labute approximate surface area is 56.3 Å². The Hall–Kier alpha value is -0.0800. The first-order valence-corrected chi connectivity index (χ1v) is 3.71. The van der Waals surface area contributed by atoms with Gasteiger partial charge in [-0.1, -0.05) is 0 Å². The van der Waals surface area contributed by atoms with E-state index in [1.54, 1.807) is 0 Å². The summed E-state index contributed by atoms with van der Waals surface area (Å²) in [6.45, 7) is 1.87. The highest BCUT2D eigenvalue weighted by molar-refractivity contribution is 4.62. The van der Waals surface area contributed by atoms with Gasteiger partial charge in [-0.05, 0) is 25.7 Å². The van der Waals surface area contributed by atoms with E-state index in [-0.39, 0.29) is 6.10 Å². The Morgan fingerprint density at radius 2 is 2.00 bits per heavy atom. The molecule has 1 rings (SSSR count). The Bertz CT molecular complexity index is 67.3. The molecule has 2 heteroatoms. The Morgan fingerprint density at radius 3 is 2.89 bits per heavy atom. The molecule has 1 saturated heterocycles. The lowest BCUT2D eigenvalue weighted by molar-refractivity contribution is 0.145. The van der Waals surface area contributed by atoms with Crippen LogP contribution in [-0.2, 0) is 0 Å². The van der Waals surface area contributed by atoms with Crippen LogP contribution < -0.4 is 5.32 Å². The summed E-state index contributed by atoms with van der Waals surface area (Å²) < 4.78 is 0. The second-order valence-electron chi connectivity index (χ2n) is 2.61. The number of hydrogen-bond acceptors (Lipinski definition) is 1. The smallest absolute Gasteiger partial charge is 0.0553 e. The Balaban J connectivity index is 2.12. The molecule has 0 aromatic heterocycles. The largest absolute Gasteiger partial charge is 0.393 e. The average Bonchev–Trinajstić information content (AvgIpc) is 1.79. The maximum Gasteiger partial charge on any atom is 0.0553 e. The van der Waals surface area contributed by atoms with Crippen molar-refractivity contribution in [1.82, 2.24) is 5.32 Å². The number of hydrogen-bond donors (Lipinski definition) is 1. The van der Waals surface area contributed by atoms with Crippen LogP contribution in [0.3, 0.4) is 0 Å². The highest BCUT2D eigenvalue weighted by atomic mass is 16.3. The molecule has 0 aromatic carbocycles. The van der Waals surface area contributed by atoms with Crippen molar-refractivity contribution < 1.29 is 5.11 Å². The lowest BCUT2D eigenvalue weighted by atomic mass is 10.1. The van der Waals surface area contributed by atoms with Gasteiger partial charge in [-0.15, -0.1) is 0 Å². The molecule has 1 aliphatic rings. The van der Waals surface area contributed by atoms with E-state index in [2.05, 4.69) is 5.32 Å². The molecule has 9 heavy (non-hydrogen) atoms. The van der Waals surface area contributed by atoms with Crippen molar-refractivity contribution >= 4 is 0 Å². The normalized spacial score (nSPS) is 31.0. The van der Waals surface area contributed by atoms with Crippen molar-refractivity contribution in [3.05, 3.63) is 0 Å². The fraction of sp³-hybridized carbons (Fsp3) is 1.00. The Kier molecular flexibility index (Phi) is 3.01. The topological polar surface area (TPSA) is 34.3 Å². The van der Waals surface area contributed by atoms with E-state index in [9.17, 15) is 0 Å². The van der Waals surface area contributed by atoms with Crippen LogP contribution in [-0.4, -0.2) is 24.3 Å². The molecular formula is C7H14NO. The van der Waals surface area contributed by atoms with Crippen molar-refractivity contribution in [1.29, 1.82) is 0 Å². The molecule has 0 amide bonds. The third-order valence-corrected chi connectivity index (χ3v) is 1.72. The second-order valence-corrected chi connectivity index (χ2v) is 2.61. The van der Waals surface area contributed by atoms with Crippen molar-refractivity contribution in [3.8, 4) is 0 Å². The minimum atomic E-state index is -0.0750. The van der Waals surface area contributed by atoms with Crippen LogP contribution >= 0.6 is 0 Å². The molecule has 0 aliphatic carbocycles. The fourth-order valence-electron chi connectivity index (χ4n) is 1.10. The minimum absolute atomic E-state index is 0.0750. The van der Waals surface area contributed by atoms with Gasteiger partial charge >= 0.3 is 0 Å². The molecule has 1 aliphatic heterocycles. The van der Waals surface area contributed by atoms with Gasteiger partial charge in [-0.2, -0.15) is 0 Å². The molecule has 1 atom stereocenters. The van der Waals surface area contributed by atoms with E-state index in [0.29, 0.717) is 0 Å². The van der Waals surface area contributed by atoms with Gasteiger partial charge in [0.15, 0.2) is 0 Å². The monoisotopic (exact) mass is 128 g/mol. The summed E-state index contributed by atoms with van der Waals surface area (Å²) >= 11 is 0. The molecule has 0 aromatic rings. The number of aliphatic hydroxyl groups is 1. The minimum Gasteiger partial charge on any atom is -0.393 e. The SMILES string of the molecule is OC1CCCC[N]CC1. The summed E-state index contributed by atoms with van der Waals surface area (Å²) in [6.07, 6.45) is 4.09. The average molecular weight is 128 g/mol. The highest BCUT2D eigenvalue weighted by Crippen LogP contribution is 2.06. The predicted molar refractivity (Wildman–Crippen MR) is 36.3 cm³/mol. The Morgan fingerprint density at radius 1 is 1.11 bits per heavy atom. The number of nitrogens with zero attached hydrogens (tertiary/aromatic N) is 1. The molecule has 53 valence electrons. The number of rotatable bonds is 0. The summed E-state index contributed by atoms with van der Waals surface area (Å²) in [6, 6.07) is 0. The van der Waals surface area contributed by atoms with E-state index < -0.39 is 0 Å². The van der Waals surface area contributed by atoms with Crippen molar-refractivity contribution in [2.75, 3.05) is 13.1 Å². The molecule has 1 radical (unpaired) electrons. The molecule has 1 N–H and O–H groups in total. The summed E-state index contributed by atoms with van der Waals surface area (Å²) in [4.78, 5) is 0. The molecule has 2 nitrogen and oxygen atoms in total. The van der Waals surface area contributed by atoms with E-state index in [0.717, 1.165) is 38.8 Å². The lowest BCUT2D eigenvalue weighted by Gasteiger charge is -2.13. The summed E-state index contributed by atoms with van der Waals surface area (Å²) in [5.41, 5.74) is 0. The summed E-state index contributed by atoms with van der Waals surface area (Å²) in [7, 11) is 0. The van der Waals surface area contributed by atoms with Gasteiger partial charge < -0.3 is 5.11 Å². The van der Waals surface area contributed by atoms with E-state index in [1.807, 2.05) is 0 Å². The third kappa shape index (κ3) is 2.82. The maximum absolute atomic E-state index is 9.15. The van der Waals surface area contributed by atoms with Crippen LogP contribution in [0.15, 0.2) is 0 Å². The zero-order valence-electron chi connectivity index (χ0n) is 5.71. The van der Waals surface area contributed by atoms with Gasteiger partial charge in [0.2, 0.25) is 0 Å². The van der Waals surface area contributed by atoms with Gasteiger partial charge in [0.05, 0.1) is 6.10 Å². The fourth-order valence-corrected chi connectivity index (χ4v) is 1.10. The maximum atomic E-state index is 9.15. The highest BCUT2D eigenvalue weighted by Gasteiger charge is 2.06. The second kappa shape index (κ2) is 3.85. The first kappa shape index (κ1) is 7.03. The number of aliphatic hydroxyl groups excluding tert-OH is 1. The van der Waals surface area contributed by atoms with Crippen LogP contribution in [0.25, 0.3) is 0 Å². The van der Waals surface area contributed by atoms with E-state index in [4.69, 9.17) is 5.11 Å². The van der Waals surface area contributed by atoms with Gasteiger partial charge in [-0.3, -0.25) is 0 Å². The predicted octanol–water partition coefficient (Wildman–Crippen LogP) is 0.526. The van der Waals surface area contributed by atoms with Crippen LogP contribution in [0, 0.1) is 0 Å². The molecule has 1 heterocycles. The van der Waals surface area contributed by atoms with Crippen LogP contribution in [0.5, 0.6) is 0 Å². The van der Waals surface area contributed by atoms with Gasteiger partial charge in [0, 0.05) is 13.1 Å². The van der Waals surface area contributed by atoms with Crippen LogP contribution in [0.2, 0.25) is 0 Å². The van der Waals surface area contributed by atoms with Gasteiger partial charge in [0.1, 0.15) is 0 Å². The molecule has 0 saturated carbocycles.